The zero-order valence-corrected chi connectivity index (χ0v) is 10.0. The van der Waals surface area contributed by atoms with Crippen LogP contribution in [0.5, 0.6) is 11.5 Å². The van der Waals surface area contributed by atoms with Crippen molar-refractivity contribution < 1.29 is 19.7 Å². The van der Waals surface area contributed by atoms with E-state index in [1.807, 2.05) is 6.92 Å². The molecule has 2 N–H and O–H groups in total. The summed E-state index contributed by atoms with van der Waals surface area (Å²) in [6.07, 6.45) is 0. The molecule has 0 aliphatic rings. The summed E-state index contributed by atoms with van der Waals surface area (Å²) < 4.78 is 4.90. The molecule has 0 fully saturated rings. The van der Waals surface area contributed by atoms with Crippen molar-refractivity contribution >= 4 is 5.91 Å². The molecule has 0 aromatic heterocycles. The van der Waals surface area contributed by atoms with Crippen molar-refractivity contribution in [2.24, 2.45) is 0 Å². The first-order chi connectivity index (χ1) is 8.11. The SMILES string of the molecule is CCN(CCOC)C(=O)c1c(O)cccc1O. The molecular weight excluding hydrogens is 222 g/mol. The van der Waals surface area contributed by atoms with Crippen molar-refractivity contribution in [3.63, 3.8) is 0 Å². The highest BCUT2D eigenvalue weighted by atomic mass is 16.5. The number of likely N-dealkylation sites (N-methyl/N-ethyl adjacent to an activating group) is 1. The molecule has 0 aliphatic heterocycles. The van der Waals surface area contributed by atoms with Crippen LogP contribution in [-0.2, 0) is 4.74 Å². The third-order valence-electron chi connectivity index (χ3n) is 2.47. The van der Waals surface area contributed by atoms with Gasteiger partial charge in [0, 0.05) is 20.2 Å². The van der Waals surface area contributed by atoms with Gasteiger partial charge in [-0.15, -0.1) is 0 Å². The number of phenols is 2. The second-order valence-electron chi connectivity index (χ2n) is 3.55. The van der Waals surface area contributed by atoms with Gasteiger partial charge in [0.05, 0.1) is 6.61 Å². The third kappa shape index (κ3) is 3.10. The second kappa shape index (κ2) is 6.10. The van der Waals surface area contributed by atoms with Gasteiger partial charge >= 0.3 is 0 Å². The number of rotatable bonds is 5. The van der Waals surface area contributed by atoms with Gasteiger partial charge in [-0.2, -0.15) is 0 Å². The molecular formula is C12H17NO4. The number of ether oxygens (including phenoxy) is 1. The minimum Gasteiger partial charge on any atom is -0.507 e. The number of benzene rings is 1. The van der Waals surface area contributed by atoms with Gasteiger partial charge in [0.1, 0.15) is 17.1 Å². The number of nitrogens with zero attached hydrogens (tertiary/aromatic N) is 1. The molecule has 0 aliphatic carbocycles. The van der Waals surface area contributed by atoms with Crippen molar-refractivity contribution in [2.45, 2.75) is 6.92 Å². The summed E-state index contributed by atoms with van der Waals surface area (Å²) in [5.74, 6) is -0.836. The highest BCUT2D eigenvalue weighted by molar-refractivity contribution is 5.99. The molecule has 0 heterocycles. The number of carbonyl (C=O) groups excluding carboxylic acids is 1. The average molecular weight is 239 g/mol. The van der Waals surface area contributed by atoms with Crippen LogP contribution in [0, 0.1) is 0 Å². The number of carbonyl (C=O) groups is 1. The molecule has 0 spiro atoms. The summed E-state index contributed by atoms with van der Waals surface area (Å²) >= 11 is 0. The zero-order valence-electron chi connectivity index (χ0n) is 10.0. The number of methoxy groups -OCH3 is 1. The van der Waals surface area contributed by atoms with Crippen LogP contribution in [0.1, 0.15) is 17.3 Å². The Labute approximate surface area is 100 Å². The Hall–Kier alpha value is -1.75. The Morgan fingerprint density at radius 1 is 1.35 bits per heavy atom. The minimum absolute atomic E-state index is 0.0644. The van der Waals surface area contributed by atoms with Crippen LogP contribution in [0.4, 0.5) is 0 Å². The Morgan fingerprint density at radius 2 is 1.94 bits per heavy atom. The number of hydrogen-bond donors (Lipinski definition) is 2. The molecule has 0 bridgehead atoms. The van der Waals surface area contributed by atoms with E-state index in [1.165, 1.54) is 23.1 Å². The van der Waals surface area contributed by atoms with Crippen LogP contribution in [0.15, 0.2) is 18.2 Å². The smallest absolute Gasteiger partial charge is 0.261 e. The largest absolute Gasteiger partial charge is 0.507 e. The van der Waals surface area contributed by atoms with Gasteiger partial charge in [-0.05, 0) is 19.1 Å². The van der Waals surface area contributed by atoms with E-state index >= 15 is 0 Å². The summed E-state index contributed by atoms with van der Waals surface area (Å²) in [4.78, 5) is 13.6. The number of amides is 1. The van der Waals surface area contributed by atoms with Gasteiger partial charge in [0.25, 0.3) is 5.91 Å². The van der Waals surface area contributed by atoms with E-state index in [1.54, 1.807) is 7.11 Å². The fourth-order valence-electron chi connectivity index (χ4n) is 1.51. The monoisotopic (exact) mass is 239 g/mol. The molecule has 1 aromatic rings. The maximum atomic E-state index is 12.1. The Balaban J connectivity index is 2.93. The lowest BCUT2D eigenvalue weighted by molar-refractivity contribution is 0.0700. The summed E-state index contributed by atoms with van der Waals surface area (Å²) in [6, 6.07) is 4.22. The van der Waals surface area contributed by atoms with E-state index in [0.717, 1.165) is 0 Å². The number of phenolic OH excluding ortho intramolecular Hbond substituents is 2. The normalized spacial score (nSPS) is 10.2. The molecule has 17 heavy (non-hydrogen) atoms. The Morgan fingerprint density at radius 3 is 2.41 bits per heavy atom. The standard InChI is InChI=1S/C12H17NO4/c1-3-13(7-8-17-2)12(16)11-9(14)5-4-6-10(11)15/h4-6,14-15H,3,7-8H2,1-2H3. The summed E-state index contributed by atoms with van der Waals surface area (Å²) in [6.45, 7) is 3.13. The fourth-order valence-corrected chi connectivity index (χ4v) is 1.51. The van der Waals surface area contributed by atoms with Gasteiger partial charge in [0.15, 0.2) is 0 Å². The lowest BCUT2D eigenvalue weighted by Gasteiger charge is -2.21. The highest BCUT2D eigenvalue weighted by Crippen LogP contribution is 2.27. The summed E-state index contributed by atoms with van der Waals surface area (Å²) in [5, 5.41) is 19.2. The molecule has 0 atom stereocenters. The maximum absolute atomic E-state index is 12.1. The van der Waals surface area contributed by atoms with Crippen LogP contribution in [-0.4, -0.2) is 47.8 Å². The molecule has 94 valence electrons. The van der Waals surface area contributed by atoms with Crippen molar-refractivity contribution in [1.82, 2.24) is 4.90 Å². The lowest BCUT2D eigenvalue weighted by atomic mass is 10.1. The molecule has 5 heteroatoms. The molecule has 1 rings (SSSR count). The van der Waals surface area contributed by atoms with Crippen LogP contribution < -0.4 is 0 Å². The first-order valence-electron chi connectivity index (χ1n) is 5.41. The molecule has 1 amide bonds. The quantitative estimate of drug-likeness (QED) is 0.810. The summed E-state index contributed by atoms with van der Waals surface area (Å²) in [5.41, 5.74) is -0.0644. The lowest BCUT2D eigenvalue weighted by Crippen LogP contribution is -2.33. The predicted molar refractivity (Wildman–Crippen MR) is 63.2 cm³/mol. The van der Waals surface area contributed by atoms with E-state index < -0.39 is 5.91 Å². The van der Waals surface area contributed by atoms with Gasteiger partial charge < -0.3 is 19.8 Å². The average Bonchev–Trinajstić information content (AvgIpc) is 2.30. The molecule has 0 radical (unpaired) electrons. The third-order valence-corrected chi connectivity index (χ3v) is 2.47. The van der Waals surface area contributed by atoms with E-state index in [2.05, 4.69) is 0 Å². The number of hydrogen-bond acceptors (Lipinski definition) is 4. The van der Waals surface area contributed by atoms with Gasteiger partial charge in [-0.3, -0.25) is 4.79 Å². The number of aromatic hydroxyl groups is 2. The molecule has 0 saturated heterocycles. The van der Waals surface area contributed by atoms with Gasteiger partial charge in [0.2, 0.25) is 0 Å². The topological polar surface area (TPSA) is 70.0 Å². The van der Waals surface area contributed by atoms with E-state index in [9.17, 15) is 15.0 Å². The van der Waals surface area contributed by atoms with E-state index in [0.29, 0.717) is 19.7 Å². The molecule has 5 nitrogen and oxygen atoms in total. The van der Waals surface area contributed by atoms with Crippen LogP contribution in [0.25, 0.3) is 0 Å². The van der Waals surface area contributed by atoms with E-state index in [4.69, 9.17) is 4.74 Å². The highest BCUT2D eigenvalue weighted by Gasteiger charge is 2.20. The minimum atomic E-state index is -0.403. The van der Waals surface area contributed by atoms with Crippen molar-refractivity contribution in [3.05, 3.63) is 23.8 Å². The Kier molecular flexibility index (Phi) is 4.78. The fraction of sp³-hybridized carbons (Fsp3) is 0.417. The van der Waals surface area contributed by atoms with Crippen molar-refractivity contribution in [1.29, 1.82) is 0 Å². The molecule has 0 unspecified atom stereocenters. The Bertz CT molecular complexity index is 372. The van der Waals surface area contributed by atoms with E-state index in [-0.39, 0.29) is 17.1 Å². The predicted octanol–water partition coefficient (Wildman–Crippen LogP) is 1.21. The van der Waals surface area contributed by atoms with Crippen molar-refractivity contribution in [3.8, 4) is 11.5 Å². The molecule has 1 aromatic carbocycles. The van der Waals surface area contributed by atoms with Crippen molar-refractivity contribution in [2.75, 3.05) is 26.8 Å². The summed E-state index contributed by atoms with van der Waals surface area (Å²) in [7, 11) is 1.55. The zero-order chi connectivity index (χ0) is 12.8. The van der Waals surface area contributed by atoms with Crippen LogP contribution in [0.2, 0.25) is 0 Å². The van der Waals surface area contributed by atoms with Crippen LogP contribution in [0.3, 0.4) is 0 Å². The first kappa shape index (κ1) is 13.3. The molecule has 0 saturated carbocycles. The maximum Gasteiger partial charge on any atom is 0.261 e. The van der Waals surface area contributed by atoms with Gasteiger partial charge in [-0.1, -0.05) is 6.07 Å². The van der Waals surface area contributed by atoms with Crippen LogP contribution >= 0.6 is 0 Å². The first-order valence-corrected chi connectivity index (χ1v) is 5.41. The second-order valence-corrected chi connectivity index (χ2v) is 3.55. The van der Waals surface area contributed by atoms with Gasteiger partial charge in [-0.25, -0.2) is 0 Å².